The van der Waals surface area contributed by atoms with Crippen molar-refractivity contribution < 1.29 is 14.6 Å². The molecule has 3 unspecified atom stereocenters. The molecular weight excluding hydrogens is 404 g/mol. The van der Waals surface area contributed by atoms with Gasteiger partial charge in [0, 0.05) is 10.3 Å². The van der Waals surface area contributed by atoms with Crippen LogP contribution in [0.3, 0.4) is 0 Å². The molecule has 0 radical (unpaired) electrons. The van der Waals surface area contributed by atoms with Crippen molar-refractivity contribution in [3.8, 4) is 0 Å². The SMILES string of the molecule is CCC1(C(O)C/C=C/C2C(Cl)CC[C@@H]2CCCc2ccc(C(=O)OC)s2)CCC1. The Bertz CT molecular complexity index is 689. The molecule has 2 fully saturated rings. The van der Waals surface area contributed by atoms with Gasteiger partial charge in [-0.2, -0.15) is 0 Å². The maximum absolute atomic E-state index is 11.6. The molecule has 3 nitrogen and oxygen atoms in total. The average Bonchev–Trinajstić information content (AvgIpc) is 3.29. The van der Waals surface area contributed by atoms with Crippen LogP contribution in [0.5, 0.6) is 0 Å². The van der Waals surface area contributed by atoms with E-state index in [-0.39, 0.29) is 22.9 Å². The number of carbonyl (C=O) groups excluding carboxylic acids is 1. The third-order valence-corrected chi connectivity index (χ3v) is 8.93. The van der Waals surface area contributed by atoms with E-state index in [0.717, 1.165) is 38.5 Å². The molecule has 1 N–H and O–H groups in total. The predicted molar refractivity (Wildman–Crippen MR) is 121 cm³/mol. The summed E-state index contributed by atoms with van der Waals surface area (Å²) in [4.78, 5) is 13.5. The van der Waals surface area contributed by atoms with Gasteiger partial charge < -0.3 is 9.84 Å². The zero-order valence-electron chi connectivity index (χ0n) is 17.7. The highest BCUT2D eigenvalue weighted by Gasteiger charge is 2.41. The van der Waals surface area contributed by atoms with Crippen LogP contribution >= 0.6 is 22.9 Å². The Kier molecular flexibility index (Phi) is 8.23. The lowest BCUT2D eigenvalue weighted by atomic mass is 9.63. The first-order chi connectivity index (χ1) is 14.0. The lowest BCUT2D eigenvalue weighted by Gasteiger charge is -2.45. The van der Waals surface area contributed by atoms with Crippen molar-refractivity contribution >= 4 is 28.9 Å². The van der Waals surface area contributed by atoms with Crippen molar-refractivity contribution in [2.75, 3.05) is 7.11 Å². The van der Waals surface area contributed by atoms with E-state index in [0.29, 0.717) is 16.7 Å². The highest BCUT2D eigenvalue weighted by atomic mass is 35.5. The molecule has 2 aliphatic rings. The number of thiophene rings is 1. The van der Waals surface area contributed by atoms with Crippen molar-refractivity contribution in [2.45, 2.75) is 82.6 Å². The normalized spacial score (nSPS) is 27.1. The molecule has 1 aromatic heterocycles. The van der Waals surface area contributed by atoms with Gasteiger partial charge in [-0.3, -0.25) is 0 Å². The van der Waals surface area contributed by atoms with Crippen molar-refractivity contribution in [1.82, 2.24) is 0 Å². The number of ether oxygens (including phenoxy) is 1. The summed E-state index contributed by atoms with van der Waals surface area (Å²) in [5.74, 6) is 0.785. The Balaban J connectivity index is 1.46. The van der Waals surface area contributed by atoms with E-state index < -0.39 is 0 Å². The molecular formula is C24H35ClO3S. The first-order valence-corrected chi connectivity index (χ1v) is 12.4. The Morgan fingerprint density at radius 2 is 2.21 bits per heavy atom. The fourth-order valence-corrected chi connectivity index (χ4v) is 6.48. The molecule has 0 aliphatic heterocycles. The Morgan fingerprint density at radius 3 is 2.86 bits per heavy atom. The second kappa shape index (κ2) is 10.5. The van der Waals surface area contributed by atoms with E-state index in [4.69, 9.17) is 16.3 Å². The van der Waals surface area contributed by atoms with E-state index in [1.807, 2.05) is 12.1 Å². The largest absolute Gasteiger partial charge is 0.465 e. The second-order valence-electron chi connectivity index (χ2n) is 8.83. The number of carbonyl (C=O) groups is 1. The summed E-state index contributed by atoms with van der Waals surface area (Å²) in [6, 6.07) is 3.90. The number of halogens is 1. The molecule has 1 heterocycles. The van der Waals surface area contributed by atoms with E-state index in [1.54, 1.807) is 0 Å². The maximum Gasteiger partial charge on any atom is 0.348 e. The highest BCUT2D eigenvalue weighted by molar-refractivity contribution is 7.13. The monoisotopic (exact) mass is 438 g/mol. The number of hydrogen-bond acceptors (Lipinski definition) is 4. The summed E-state index contributed by atoms with van der Waals surface area (Å²) in [7, 11) is 1.42. The van der Waals surface area contributed by atoms with Crippen molar-refractivity contribution in [3.63, 3.8) is 0 Å². The maximum atomic E-state index is 11.6. The van der Waals surface area contributed by atoms with Gasteiger partial charge in [-0.1, -0.05) is 25.5 Å². The molecule has 162 valence electrons. The summed E-state index contributed by atoms with van der Waals surface area (Å²) in [5.41, 5.74) is 0.170. The zero-order valence-corrected chi connectivity index (χ0v) is 19.3. The summed E-state index contributed by atoms with van der Waals surface area (Å²) < 4.78 is 4.79. The average molecular weight is 439 g/mol. The van der Waals surface area contributed by atoms with E-state index >= 15 is 0 Å². The smallest absolute Gasteiger partial charge is 0.348 e. The van der Waals surface area contributed by atoms with Gasteiger partial charge >= 0.3 is 5.97 Å². The topological polar surface area (TPSA) is 46.5 Å². The van der Waals surface area contributed by atoms with Gasteiger partial charge in [-0.15, -0.1) is 22.9 Å². The Labute approximate surface area is 184 Å². The third-order valence-electron chi connectivity index (χ3n) is 7.30. The van der Waals surface area contributed by atoms with Gasteiger partial charge in [-0.05, 0) is 87.2 Å². The molecule has 5 heteroatoms. The van der Waals surface area contributed by atoms with Crippen LogP contribution in [0, 0.1) is 17.3 Å². The lowest BCUT2D eigenvalue weighted by molar-refractivity contribution is -0.0355. The molecule has 4 atom stereocenters. The zero-order chi connectivity index (χ0) is 20.9. The van der Waals surface area contributed by atoms with Crippen LogP contribution in [-0.2, 0) is 11.2 Å². The lowest BCUT2D eigenvalue weighted by Crippen LogP contribution is -2.40. The molecule has 29 heavy (non-hydrogen) atoms. The summed E-state index contributed by atoms with van der Waals surface area (Å²) in [6.45, 7) is 2.20. The molecule has 3 rings (SSSR count). The molecule has 0 aromatic carbocycles. The van der Waals surface area contributed by atoms with Gasteiger partial charge in [-0.25, -0.2) is 4.79 Å². The van der Waals surface area contributed by atoms with Crippen LogP contribution in [-0.4, -0.2) is 29.7 Å². The fraction of sp³-hybridized carbons (Fsp3) is 0.708. The summed E-state index contributed by atoms with van der Waals surface area (Å²) >= 11 is 8.17. The van der Waals surface area contributed by atoms with Gasteiger partial charge in [0.25, 0.3) is 0 Å². The van der Waals surface area contributed by atoms with E-state index in [1.165, 1.54) is 49.0 Å². The second-order valence-corrected chi connectivity index (χ2v) is 10.6. The molecule has 0 amide bonds. The summed E-state index contributed by atoms with van der Waals surface area (Å²) in [6.07, 6.45) is 15.2. The number of hydrogen-bond donors (Lipinski definition) is 1. The first-order valence-electron chi connectivity index (χ1n) is 11.1. The quantitative estimate of drug-likeness (QED) is 0.262. The van der Waals surface area contributed by atoms with Crippen LogP contribution in [0.2, 0.25) is 0 Å². The van der Waals surface area contributed by atoms with E-state index in [9.17, 15) is 9.90 Å². The number of aliphatic hydroxyl groups is 1. The Morgan fingerprint density at radius 1 is 1.41 bits per heavy atom. The highest BCUT2D eigenvalue weighted by Crippen LogP contribution is 2.48. The van der Waals surface area contributed by atoms with Crippen molar-refractivity contribution in [2.24, 2.45) is 17.3 Å². The van der Waals surface area contributed by atoms with Crippen LogP contribution in [0.4, 0.5) is 0 Å². The van der Waals surface area contributed by atoms with Crippen molar-refractivity contribution in [1.29, 1.82) is 0 Å². The number of alkyl halides is 1. The van der Waals surface area contributed by atoms with Crippen LogP contribution in [0.15, 0.2) is 24.3 Å². The van der Waals surface area contributed by atoms with Gasteiger partial charge in [0.05, 0.1) is 13.2 Å². The van der Waals surface area contributed by atoms with E-state index in [2.05, 4.69) is 19.1 Å². The number of methoxy groups -OCH3 is 1. The predicted octanol–water partition coefficient (Wildman–Crippen LogP) is 6.38. The first kappa shape index (κ1) is 22.8. The minimum atomic E-state index is -0.249. The molecule has 0 bridgehead atoms. The van der Waals surface area contributed by atoms with Crippen LogP contribution in [0.1, 0.15) is 79.3 Å². The number of aliphatic hydroxyl groups excluding tert-OH is 1. The van der Waals surface area contributed by atoms with Crippen LogP contribution < -0.4 is 0 Å². The molecule has 2 saturated carbocycles. The number of rotatable bonds is 10. The minimum absolute atomic E-state index is 0.170. The molecule has 0 spiro atoms. The molecule has 1 aromatic rings. The van der Waals surface area contributed by atoms with Gasteiger partial charge in [0.15, 0.2) is 0 Å². The third kappa shape index (κ3) is 5.45. The standard InChI is InChI=1S/C24H35ClO3S/c1-3-24(15-6-16-24)22(26)10-5-9-19-17(11-13-20(19)25)7-4-8-18-12-14-21(29-18)23(27)28-2/h5,9,12,14,17,19-20,22,26H,3-4,6-8,10-11,13,15-16H2,1-2H3/b9-5+/t17-,19?,20?,22?/m0/s1. The molecule has 2 aliphatic carbocycles. The number of esters is 1. The summed E-state index contributed by atoms with van der Waals surface area (Å²) in [5, 5.41) is 10.8. The minimum Gasteiger partial charge on any atom is -0.465 e. The fourth-order valence-electron chi connectivity index (χ4n) is 5.10. The number of aryl methyl sites for hydroxylation is 1. The van der Waals surface area contributed by atoms with Gasteiger partial charge in [0.1, 0.15) is 4.88 Å². The molecule has 0 saturated heterocycles. The number of allylic oxidation sites excluding steroid dienone is 1. The van der Waals surface area contributed by atoms with Crippen LogP contribution in [0.25, 0.3) is 0 Å². The Hall–Kier alpha value is -0.840. The van der Waals surface area contributed by atoms with Gasteiger partial charge in [0.2, 0.25) is 0 Å². The van der Waals surface area contributed by atoms with Crippen molar-refractivity contribution in [3.05, 3.63) is 34.0 Å².